The Labute approximate surface area is 264 Å². The quantitative estimate of drug-likeness (QED) is 0.269. The Bertz CT molecular complexity index is 1600. The number of ether oxygens (including phenoxy) is 4. The van der Waals surface area contributed by atoms with E-state index in [0.717, 1.165) is 22.4 Å². The Kier molecular flexibility index (Phi) is 10.6. The number of carbonyl (C=O) groups excluding carboxylic acids is 2. The number of hydrogen-bond acceptors (Lipinski definition) is 8. The van der Waals surface area contributed by atoms with Crippen molar-refractivity contribution >= 4 is 17.5 Å². The molecule has 3 aromatic carbocycles. The predicted molar refractivity (Wildman–Crippen MR) is 174 cm³/mol. The Balaban J connectivity index is 1.74. The smallest absolute Gasteiger partial charge is 0.242 e. The number of fused-ring (bicyclic) bond motifs is 3. The molecule has 1 unspecified atom stereocenters. The number of hydrogen-bond donors (Lipinski definition) is 3. The molecule has 3 atom stereocenters. The summed E-state index contributed by atoms with van der Waals surface area (Å²) in [6.07, 6.45) is 1.14. The van der Waals surface area contributed by atoms with Gasteiger partial charge in [0.15, 0.2) is 11.5 Å². The van der Waals surface area contributed by atoms with Gasteiger partial charge in [-0.3, -0.25) is 14.4 Å². The van der Waals surface area contributed by atoms with E-state index in [4.69, 9.17) is 18.9 Å². The maximum absolute atomic E-state index is 13.7. The van der Waals surface area contributed by atoms with Gasteiger partial charge in [-0.05, 0) is 78.3 Å². The number of anilines is 1. The number of carbonyl (C=O) groups is 2. The van der Waals surface area contributed by atoms with Crippen LogP contribution in [0.4, 0.5) is 5.69 Å². The van der Waals surface area contributed by atoms with E-state index in [9.17, 15) is 14.4 Å². The van der Waals surface area contributed by atoms with Crippen LogP contribution >= 0.6 is 0 Å². The maximum Gasteiger partial charge on any atom is 0.242 e. The zero-order valence-corrected chi connectivity index (χ0v) is 27.2. The number of benzene rings is 2. The van der Waals surface area contributed by atoms with Crippen molar-refractivity contribution in [3.8, 4) is 34.1 Å². The van der Waals surface area contributed by atoms with Gasteiger partial charge < -0.3 is 34.9 Å². The van der Waals surface area contributed by atoms with Crippen LogP contribution in [0.1, 0.15) is 62.9 Å². The van der Waals surface area contributed by atoms with Gasteiger partial charge in [0.25, 0.3) is 0 Å². The first-order valence-electron chi connectivity index (χ1n) is 15.0. The molecule has 0 aliphatic heterocycles. The summed E-state index contributed by atoms with van der Waals surface area (Å²) in [5, 5.41) is 9.26. The largest absolute Gasteiger partial charge is 0.497 e. The molecule has 10 heteroatoms. The summed E-state index contributed by atoms with van der Waals surface area (Å²) in [6.45, 7) is 7.24. The van der Waals surface area contributed by atoms with Crippen molar-refractivity contribution in [1.29, 1.82) is 0 Å². The molecular weight excluding hydrogens is 574 g/mol. The van der Waals surface area contributed by atoms with E-state index >= 15 is 0 Å². The van der Waals surface area contributed by atoms with Crippen LogP contribution in [0.3, 0.4) is 0 Å². The second kappa shape index (κ2) is 14.4. The van der Waals surface area contributed by atoms with E-state index in [1.807, 2.05) is 50.2 Å². The molecule has 10 nitrogen and oxygen atoms in total. The highest BCUT2D eigenvalue weighted by Gasteiger charge is 2.30. The highest BCUT2D eigenvalue weighted by atomic mass is 16.5. The van der Waals surface area contributed by atoms with Crippen LogP contribution in [0.15, 0.2) is 53.3 Å². The summed E-state index contributed by atoms with van der Waals surface area (Å²) in [4.78, 5) is 39.3. The predicted octanol–water partition coefficient (Wildman–Crippen LogP) is 5.19. The first-order valence-corrected chi connectivity index (χ1v) is 15.0. The fourth-order valence-electron chi connectivity index (χ4n) is 5.85. The van der Waals surface area contributed by atoms with Gasteiger partial charge in [0.05, 0.1) is 46.2 Å². The highest BCUT2D eigenvalue weighted by Crippen LogP contribution is 2.50. The number of methoxy groups -OCH3 is 4. The fourth-order valence-corrected chi connectivity index (χ4v) is 5.85. The molecule has 0 spiro atoms. The summed E-state index contributed by atoms with van der Waals surface area (Å²) < 4.78 is 22.4. The minimum atomic E-state index is -0.725. The summed E-state index contributed by atoms with van der Waals surface area (Å²) in [6, 6.07) is 13.1. The lowest BCUT2D eigenvalue weighted by Crippen LogP contribution is -2.41. The summed E-state index contributed by atoms with van der Waals surface area (Å²) in [7, 11) is 6.27. The molecule has 0 radical (unpaired) electrons. The van der Waals surface area contributed by atoms with Crippen LogP contribution in [0.5, 0.6) is 23.0 Å². The van der Waals surface area contributed by atoms with Crippen LogP contribution in [-0.2, 0) is 16.0 Å². The average molecular weight is 618 g/mol. The van der Waals surface area contributed by atoms with Crippen molar-refractivity contribution in [2.75, 3.05) is 33.8 Å². The van der Waals surface area contributed by atoms with Gasteiger partial charge in [-0.25, -0.2) is 0 Å². The van der Waals surface area contributed by atoms with Crippen molar-refractivity contribution in [2.24, 2.45) is 5.92 Å². The molecule has 3 N–H and O–H groups in total. The van der Waals surface area contributed by atoms with Gasteiger partial charge in [-0.2, -0.15) is 0 Å². The van der Waals surface area contributed by atoms with Crippen molar-refractivity contribution in [2.45, 2.75) is 58.7 Å². The van der Waals surface area contributed by atoms with E-state index in [0.29, 0.717) is 41.2 Å². The summed E-state index contributed by atoms with van der Waals surface area (Å²) in [5.74, 6) is 1.81. The molecular formula is C35H43N3O7. The first-order chi connectivity index (χ1) is 21.5. The van der Waals surface area contributed by atoms with Crippen molar-refractivity contribution in [3.63, 3.8) is 0 Å². The lowest BCUT2D eigenvalue weighted by molar-refractivity contribution is -0.122. The van der Waals surface area contributed by atoms with Gasteiger partial charge >= 0.3 is 0 Å². The third-order valence-corrected chi connectivity index (χ3v) is 8.12. The van der Waals surface area contributed by atoms with Crippen molar-refractivity contribution < 1.29 is 28.5 Å². The van der Waals surface area contributed by atoms with Crippen LogP contribution in [-0.4, -0.2) is 46.3 Å². The summed E-state index contributed by atoms with van der Waals surface area (Å²) in [5.41, 5.74) is 3.92. The summed E-state index contributed by atoms with van der Waals surface area (Å²) >= 11 is 0. The molecule has 2 amide bonds. The first kappa shape index (κ1) is 33.2. The molecule has 3 aromatic rings. The minimum Gasteiger partial charge on any atom is -0.497 e. The molecule has 240 valence electrons. The van der Waals surface area contributed by atoms with Gasteiger partial charge in [0.2, 0.25) is 23.0 Å². The molecule has 1 aliphatic carbocycles. The van der Waals surface area contributed by atoms with Gasteiger partial charge in [-0.1, -0.05) is 32.0 Å². The number of aryl methyl sites for hydroxylation is 1. The van der Waals surface area contributed by atoms with Crippen LogP contribution in [0.25, 0.3) is 11.1 Å². The highest BCUT2D eigenvalue weighted by molar-refractivity contribution is 5.86. The molecule has 0 fully saturated rings. The monoisotopic (exact) mass is 617 g/mol. The molecule has 0 bridgehead atoms. The van der Waals surface area contributed by atoms with Crippen LogP contribution < -0.4 is 40.3 Å². The number of nitrogens with one attached hydrogen (secondary N) is 3. The molecule has 0 saturated carbocycles. The fraction of sp³-hybridized carbons (Fsp3) is 0.400. The second-order valence-electron chi connectivity index (χ2n) is 11.5. The Morgan fingerprint density at radius 2 is 1.56 bits per heavy atom. The van der Waals surface area contributed by atoms with Crippen molar-refractivity contribution in [1.82, 2.24) is 10.6 Å². The van der Waals surface area contributed by atoms with E-state index in [1.165, 1.54) is 20.1 Å². The van der Waals surface area contributed by atoms with E-state index in [1.54, 1.807) is 34.3 Å². The molecule has 45 heavy (non-hydrogen) atoms. The lowest BCUT2D eigenvalue weighted by Gasteiger charge is -2.25. The molecule has 1 aliphatic rings. The SMILES string of the molecule is COc1ccc(C(NC(=O)[C@@H](C)Nc2ccc3c(cc2=O)[C@H](NC(C)=O)CCc2cc(OC)c(OC)c(OC)c2-3)C(C)C)cc1. The van der Waals surface area contributed by atoms with Crippen LogP contribution in [0, 0.1) is 5.92 Å². The van der Waals surface area contributed by atoms with E-state index in [2.05, 4.69) is 16.0 Å². The molecule has 0 aromatic heterocycles. The molecule has 0 saturated heterocycles. The topological polar surface area (TPSA) is 124 Å². The van der Waals surface area contributed by atoms with E-state index in [-0.39, 0.29) is 34.9 Å². The third kappa shape index (κ3) is 7.16. The Morgan fingerprint density at radius 1 is 0.867 bits per heavy atom. The normalized spacial score (nSPS) is 15.0. The van der Waals surface area contributed by atoms with Gasteiger partial charge in [-0.15, -0.1) is 0 Å². The molecule has 0 heterocycles. The zero-order valence-electron chi connectivity index (χ0n) is 27.2. The molecule has 4 rings (SSSR count). The Morgan fingerprint density at radius 3 is 2.13 bits per heavy atom. The lowest BCUT2D eigenvalue weighted by atomic mass is 9.95. The second-order valence-corrected chi connectivity index (χ2v) is 11.5. The van der Waals surface area contributed by atoms with Crippen molar-refractivity contribution in [3.05, 3.63) is 75.4 Å². The Hall–Kier alpha value is -4.73. The number of rotatable bonds is 11. The van der Waals surface area contributed by atoms with Crippen LogP contribution in [0.2, 0.25) is 0 Å². The van der Waals surface area contributed by atoms with E-state index < -0.39 is 12.1 Å². The zero-order chi connectivity index (χ0) is 32.8. The average Bonchev–Trinajstić information content (AvgIpc) is 3.26. The van der Waals surface area contributed by atoms with Gasteiger partial charge in [0.1, 0.15) is 11.8 Å². The standard InChI is InChI=1S/C35H43N3O7/c1-19(2)32(22-9-12-24(42-5)13-10-22)38-35(41)20(3)36-28-16-14-25-26(18-29(28)40)27(37-21(4)39)15-11-23-17-30(43-6)33(44-7)34(45-8)31(23)25/h9-10,12-14,16-20,27,32H,11,15H2,1-8H3,(H,36,40)(H,37,39)(H,38,41)/t20-,27-,32?/m1/s1. The minimum absolute atomic E-state index is 0.117. The maximum atomic E-state index is 13.7. The number of amides is 2. The van der Waals surface area contributed by atoms with Gasteiger partial charge in [0, 0.05) is 12.5 Å². The third-order valence-electron chi connectivity index (χ3n) is 8.12.